The van der Waals surface area contributed by atoms with E-state index < -0.39 is 0 Å². The van der Waals surface area contributed by atoms with Gasteiger partial charge in [0.15, 0.2) is 0 Å². The van der Waals surface area contributed by atoms with E-state index in [0.29, 0.717) is 13.0 Å². The van der Waals surface area contributed by atoms with Gasteiger partial charge in [-0.05, 0) is 5.56 Å². The summed E-state index contributed by atoms with van der Waals surface area (Å²) in [5.74, 6) is 0.180. The maximum atomic E-state index is 11.5. The molecule has 2 rings (SSSR count). The van der Waals surface area contributed by atoms with Crippen molar-refractivity contribution in [3.63, 3.8) is 0 Å². The summed E-state index contributed by atoms with van der Waals surface area (Å²) in [6.07, 6.45) is 0.499. The third-order valence-electron chi connectivity index (χ3n) is 2.97. The molecule has 1 heterocycles. The van der Waals surface area contributed by atoms with E-state index in [2.05, 4.69) is 17.4 Å². The monoisotopic (exact) mass is 233 g/mol. The highest BCUT2D eigenvalue weighted by Crippen LogP contribution is 2.07. The number of benzene rings is 1. The quantitative estimate of drug-likeness (QED) is 0.721. The molecule has 1 aliphatic heterocycles. The second-order valence-corrected chi connectivity index (χ2v) is 4.47. The van der Waals surface area contributed by atoms with Crippen LogP contribution < -0.4 is 11.1 Å². The number of nitrogens with two attached hydrogens (primary N) is 1. The Morgan fingerprint density at radius 3 is 2.76 bits per heavy atom. The summed E-state index contributed by atoms with van der Waals surface area (Å²) >= 11 is 0. The Morgan fingerprint density at radius 1 is 1.35 bits per heavy atom. The molecule has 0 aliphatic carbocycles. The van der Waals surface area contributed by atoms with Crippen LogP contribution in [0.1, 0.15) is 12.0 Å². The minimum Gasteiger partial charge on any atom is -0.340 e. The van der Waals surface area contributed by atoms with Gasteiger partial charge in [0.2, 0.25) is 5.91 Å². The zero-order valence-corrected chi connectivity index (χ0v) is 9.93. The van der Waals surface area contributed by atoms with Gasteiger partial charge in [-0.15, -0.1) is 0 Å². The van der Waals surface area contributed by atoms with E-state index >= 15 is 0 Å². The lowest BCUT2D eigenvalue weighted by Crippen LogP contribution is -2.34. The van der Waals surface area contributed by atoms with E-state index in [1.165, 1.54) is 5.56 Å². The molecule has 3 N–H and O–H groups in total. The number of amides is 1. The number of hydrogen-bond acceptors (Lipinski definition) is 3. The summed E-state index contributed by atoms with van der Waals surface area (Å²) in [4.78, 5) is 13.3. The van der Waals surface area contributed by atoms with Gasteiger partial charge in [0.25, 0.3) is 0 Å². The van der Waals surface area contributed by atoms with Crippen molar-refractivity contribution in [1.29, 1.82) is 0 Å². The Balaban J connectivity index is 1.65. The lowest BCUT2D eigenvalue weighted by atomic mass is 10.2. The molecule has 1 atom stereocenters. The highest BCUT2D eigenvalue weighted by Gasteiger charge is 2.25. The van der Waals surface area contributed by atoms with Crippen LogP contribution >= 0.6 is 0 Å². The number of nitrogens with one attached hydrogen (secondary N) is 1. The van der Waals surface area contributed by atoms with Gasteiger partial charge in [-0.1, -0.05) is 30.3 Å². The molecule has 0 radical (unpaired) electrons. The molecule has 1 aromatic rings. The molecule has 1 saturated heterocycles. The van der Waals surface area contributed by atoms with Crippen LogP contribution in [-0.2, 0) is 11.3 Å². The standard InChI is InChI=1S/C13H19N3O/c14-12-8-13(17)16(10-12)7-6-15-9-11-4-2-1-3-5-11/h1-5,12,15H,6-10,14H2. The van der Waals surface area contributed by atoms with Gasteiger partial charge in [-0.2, -0.15) is 0 Å². The minimum atomic E-state index is 0.0247. The molecule has 4 nitrogen and oxygen atoms in total. The lowest BCUT2D eigenvalue weighted by molar-refractivity contribution is -0.127. The molecule has 1 unspecified atom stereocenters. The fraction of sp³-hybridized carbons (Fsp3) is 0.462. The smallest absolute Gasteiger partial charge is 0.224 e. The van der Waals surface area contributed by atoms with E-state index in [4.69, 9.17) is 5.73 Å². The number of hydrogen-bond donors (Lipinski definition) is 2. The first-order valence-electron chi connectivity index (χ1n) is 6.03. The van der Waals surface area contributed by atoms with Crippen LogP contribution in [0.15, 0.2) is 30.3 Å². The van der Waals surface area contributed by atoms with Crippen molar-refractivity contribution in [2.45, 2.75) is 19.0 Å². The van der Waals surface area contributed by atoms with E-state index in [9.17, 15) is 4.79 Å². The van der Waals surface area contributed by atoms with Crippen molar-refractivity contribution in [3.05, 3.63) is 35.9 Å². The number of carbonyl (C=O) groups is 1. The first-order chi connectivity index (χ1) is 8.25. The fourth-order valence-electron chi connectivity index (χ4n) is 2.06. The highest BCUT2D eigenvalue weighted by molar-refractivity contribution is 5.79. The van der Waals surface area contributed by atoms with E-state index in [0.717, 1.165) is 19.6 Å². The van der Waals surface area contributed by atoms with Crippen LogP contribution in [0.25, 0.3) is 0 Å². The number of nitrogens with zero attached hydrogens (tertiary/aromatic N) is 1. The van der Waals surface area contributed by atoms with Crippen molar-refractivity contribution in [2.24, 2.45) is 5.73 Å². The first kappa shape index (κ1) is 12.1. The van der Waals surface area contributed by atoms with Gasteiger partial charge in [0.05, 0.1) is 0 Å². The van der Waals surface area contributed by atoms with Crippen molar-refractivity contribution in [2.75, 3.05) is 19.6 Å². The average Bonchev–Trinajstić information content (AvgIpc) is 2.65. The predicted octanol–water partition coefficient (Wildman–Crippen LogP) is 0.336. The highest BCUT2D eigenvalue weighted by atomic mass is 16.2. The Morgan fingerprint density at radius 2 is 2.12 bits per heavy atom. The molecular weight excluding hydrogens is 214 g/mol. The molecule has 17 heavy (non-hydrogen) atoms. The van der Waals surface area contributed by atoms with Gasteiger partial charge < -0.3 is 16.0 Å². The Kier molecular flexibility index (Phi) is 4.12. The molecule has 0 aromatic heterocycles. The molecule has 0 saturated carbocycles. The summed E-state index contributed by atoms with van der Waals surface area (Å²) < 4.78 is 0. The SMILES string of the molecule is NC1CC(=O)N(CCNCc2ccccc2)C1. The molecule has 0 bridgehead atoms. The molecule has 4 heteroatoms. The maximum Gasteiger partial charge on any atom is 0.224 e. The summed E-state index contributed by atoms with van der Waals surface area (Å²) in [6.45, 7) is 3.10. The van der Waals surface area contributed by atoms with Crippen molar-refractivity contribution >= 4 is 5.91 Å². The van der Waals surface area contributed by atoms with Crippen molar-refractivity contribution in [1.82, 2.24) is 10.2 Å². The van der Waals surface area contributed by atoms with Crippen molar-refractivity contribution < 1.29 is 4.79 Å². The van der Waals surface area contributed by atoms with Gasteiger partial charge in [0.1, 0.15) is 0 Å². The van der Waals surface area contributed by atoms with E-state index in [-0.39, 0.29) is 11.9 Å². The lowest BCUT2D eigenvalue weighted by Gasteiger charge is -2.16. The topological polar surface area (TPSA) is 58.4 Å². The Bertz CT molecular complexity index is 366. The van der Waals surface area contributed by atoms with Gasteiger partial charge >= 0.3 is 0 Å². The van der Waals surface area contributed by atoms with Crippen molar-refractivity contribution in [3.8, 4) is 0 Å². The van der Waals surface area contributed by atoms with Gasteiger partial charge in [0, 0.05) is 38.6 Å². The van der Waals surface area contributed by atoms with E-state index in [1.807, 2.05) is 23.1 Å². The van der Waals surface area contributed by atoms with Crippen LogP contribution in [0.5, 0.6) is 0 Å². The number of rotatable bonds is 5. The Labute approximate surface area is 102 Å². The second kappa shape index (κ2) is 5.80. The zero-order valence-electron chi connectivity index (χ0n) is 9.93. The zero-order chi connectivity index (χ0) is 12.1. The summed E-state index contributed by atoms with van der Waals surface area (Å²) in [5, 5.41) is 3.33. The summed E-state index contributed by atoms with van der Waals surface area (Å²) in [6, 6.07) is 10.3. The van der Waals surface area contributed by atoms with Crippen LogP contribution in [0.4, 0.5) is 0 Å². The largest absolute Gasteiger partial charge is 0.340 e. The third kappa shape index (κ3) is 3.54. The van der Waals surface area contributed by atoms with E-state index in [1.54, 1.807) is 0 Å². The second-order valence-electron chi connectivity index (χ2n) is 4.47. The summed E-state index contributed by atoms with van der Waals surface area (Å²) in [5.41, 5.74) is 6.99. The molecule has 0 spiro atoms. The minimum absolute atomic E-state index is 0.0247. The molecule has 1 aliphatic rings. The van der Waals surface area contributed by atoms with Gasteiger partial charge in [-0.3, -0.25) is 4.79 Å². The predicted molar refractivity (Wildman–Crippen MR) is 67.3 cm³/mol. The molecule has 1 amide bonds. The van der Waals surface area contributed by atoms with Crippen LogP contribution in [0, 0.1) is 0 Å². The third-order valence-corrected chi connectivity index (χ3v) is 2.97. The normalized spacial score (nSPS) is 19.9. The van der Waals surface area contributed by atoms with Gasteiger partial charge in [-0.25, -0.2) is 0 Å². The maximum absolute atomic E-state index is 11.5. The molecule has 92 valence electrons. The fourth-order valence-corrected chi connectivity index (χ4v) is 2.06. The number of carbonyl (C=O) groups excluding carboxylic acids is 1. The molecule has 1 aromatic carbocycles. The van der Waals surface area contributed by atoms with Crippen LogP contribution in [0.2, 0.25) is 0 Å². The summed E-state index contributed by atoms with van der Waals surface area (Å²) in [7, 11) is 0. The Hall–Kier alpha value is -1.39. The van der Waals surface area contributed by atoms with Crippen LogP contribution in [0.3, 0.4) is 0 Å². The first-order valence-corrected chi connectivity index (χ1v) is 6.03. The van der Waals surface area contributed by atoms with Crippen LogP contribution in [-0.4, -0.2) is 36.5 Å². The average molecular weight is 233 g/mol. The molecular formula is C13H19N3O. The number of likely N-dealkylation sites (tertiary alicyclic amines) is 1. The molecule has 1 fully saturated rings.